The fourth-order valence-corrected chi connectivity index (χ4v) is 1.91. The number of aromatic nitrogens is 5. The van der Waals surface area contributed by atoms with Crippen LogP contribution < -0.4 is 11.1 Å². The number of aryl methyl sites for hydroxylation is 2. The predicted octanol–water partition coefficient (Wildman–Crippen LogP) is 1.15. The SMILES string of the molecule is Cc1noc(C)c1CNc1nc(N)nc2[nH]ncc12. The zero-order valence-corrected chi connectivity index (χ0v) is 10.6. The molecule has 0 aliphatic rings. The van der Waals surface area contributed by atoms with Gasteiger partial charge in [-0.05, 0) is 13.8 Å². The Morgan fingerprint density at radius 2 is 2.21 bits per heavy atom. The first-order valence-corrected chi connectivity index (χ1v) is 5.77. The first-order valence-electron chi connectivity index (χ1n) is 5.77. The van der Waals surface area contributed by atoms with Crippen LogP contribution in [0.25, 0.3) is 11.0 Å². The molecular formula is C11H13N7O. The van der Waals surface area contributed by atoms with Crippen LogP contribution in [0.5, 0.6) is 0 Å². The monoisotopic (exact) mass is 259 g/mol. The van der Waals surface area contributed by atoms with Gasteiger partial charge in [0.1, 0.15) is 11.6 Å². The first kappa shape index (κ1) is 11.5. The Labute approximate surface area is 108 Å². The van der Waals surface area contributed by atoms with Crippen LogP contribution in [-0.2, 0) is 6.54 Å². The van der Waals surface area contributed by atoms with Crippen LogP contribution >= 0.6 is 0 Å². The molecule has 0 spiro atoms. The van der Waals surface area contributed by atoms with Gasteiger partial charge < -0.3 is 15.6 Å². The summed E-state index contributed by atoms with van der Waals surface area (Å²) in [6, 6.07) is 0. The van der Waals surface area contributed by atoms with Crippen molar-refractivity contribution in [2.45, 2.75) is 20.4 Å². The van der Waals surface area contributed by atoms with Crippen molar-refractivity contribution >= 4 is 22.8 Å². The number of rotatable bonds is 3. The lowest BCUT2D eigenvalue weighted by molar-refractivity contribution is 0.392. The lowest BCUT2D eigenvalue weighted by atomic mass is 10.2. The molecule has 0 saturated heterocycles. The van der Waals surface area contributed by atoms with E-state index in [9.17, 15) is 0 Å². The molecular weight excluding hydrogens is 246 g/mol. The summed E-state index contributed by atoms with van der Waals surface area (Å²) >= 11 is 0. The van der Waals surface area contributed by atoms with Crippen LogP contribution in [-0.4, -0.2) is 25.3 Å². The number of aromatic amines is 1. The van der Waals surface area contributed by atoms with E-state index < -0.39 is 0 Å². The number of hydrogen-bond acceptors (Lipinski definition) is 7. The average molecular weight is 259 g/mol. The van der Waals surface area contributed by atoms with Crippen molar-refractivity contribution in [3.05, 3.63) is 23.2 Å². The molecule has 3 heterocycles. The number of hydrogen-bond donors (Lipinski definition) is 3. The Kier molecular flexibility index (Phi) is 2.55. The number of nitrogen functional groups attached to an aromatic ring is 1. The van der Waals surface area contributed by atoms with Gasteiger partial charge in [0, 0.05) is 12.1 Å². The van der Waals surface area contributed by atoms with Gasteiger partial charge in [-0.1, -0.05) is 5.16 Å². The Hall–Kier alpha value is -2.64. The molecule has 0 unspecified atom stereocenters. The van der Waals surface area contributed by atoms with E-state index in [1.807, 2.05) is 13.8 Å². The summed E-state index contributed by atoms with van der Waals surface area (Å²) in [6.45, 7) is 4.33. The smallest absolute Gasteiger partial charge is 0.224 e. The van der Waals surface area contributed by atoms with E-state index in [2.05, 4.69) is 30.6 Å². The third-order valence-corrected chi connectivity index (χ3v) is 2.94. The highest BCUT2D eigenvalue weighted by Gasteiger charge is 2.11. The van der Waals surface area contributed by atoms with E-state index >= 15 is 0 Å². The summed E-state index contributed by atoms with van der Waals surface area (Å²) in [7, 11) is 0. The van der Waals surface area contributed by atoms with E-state index in [0.717, 1.165) is 22.4 Å². The Morgan fingerprint density at radius 3 is 2.95 bits per heavy atom. The van der Waals surface area contributed by atoms with Gasteiger partial charge in [-0.2, -0.15) is 15.1 Å². The van der Waals surface area contributed by atoms with E-state index in [4.69, 9.17) is 10.3 Å². The molecule has 0 bridgehead atoms. The van der Waals surface area contributed by atoms with Crippen LogP contribution in [0.4, 0.5) is 11.8 Å². The van der Waals surface area contributed by atoms with Gasteiger partial charge in [-0.15, -0.1) is 0 Å². The summed E-state index contributed by atoms with van der Waals surface area (Å²) in [5.74, 6) is 1.62. The zero-order valence-electron chi connectivity index (χ0n) is 10.6. The lowest BCUT2D eigenvalue weighted by Crippen LogP contribution is -2.06. The third-order valence-electron chi connectivity index (χ3n) is 2.94. The molecule has 98 valence electrons. The third kappa shape index (κ3) is 1.96. The standard InChI is InChI=1S/C11H13N7O/c1-5-7(6(2)19-18-5)3-13-9-8-4-14-17-10(8)16-11(12)15-9/h4H,3H2,1-2H3,(H4,12,13,14,15,16,17). The average Bonchev–Trinajstić information content (AvgIpc) is 2.95. The largest absolute Gasteiger partial charge is 0.368 e. The molecule has 8 nitrogen and oxygen atoms in total. The van der Waals surface area contributed by atoms with Crippen LogP contribution in [0, 0.1) is 13.8 Å². The summed E-state index contributed by atoms with van der Waals surface area (Å²) in [5, 5.41) is 14.6. The maximum absolute atomic E-state index is 5.65. The van der Waals surface area contributed by atoms with Crippen molar-refractivity contribution < 1.29 is 4.52 Å². The van der Waals surface area contributed by atoms with Crippen molar-refractivity contribution in [1.29, 1.82) is 0 Å². The van der Waals surface area contributed by atoms with E-state index in [0.29, 0.717) is 18.0 Å². The van der Waals surface area contributed by atoms with Gasteiger partial charge in [0.05, 0.1) is 17.3 Å². The molecule has 8 heteroatoms. The molecule has 19 heavy (non-hydrogen) atoms. The number of anilines is 2. The zero-order chi connectivity index (χ0) is 13.4. The maximum Gasteiger partial charge on any atom is 0.224 e. The number of nitrogens with two attached hydrogens (primary N) is 1. The van der Waals surface area contributed by atoms with Gasteiger partial charge in [-0.25, -0.2) is 0 Å². The molecule has 3 aromatic rings. The van der Waals surface area contributed by atoms with Crippen LogP contribution in [0.1, 0.15) is 17.0 Å². The molecule has 4 N–H and O–H groups in total. The highest BCUT2D eigenvalue weighted by molar-refractivity contribution is 5.86. The number of fused-ring (bicyclic) bond motifs is 1. The van der Waals surface area contributed by atoms with Gasteiger partial charge in [0.15, 0.2) is 5.65 Å². The predicted molar refractivity (Wildman–Crippen MR) is 69.4 cm³/mol. The first-order chi connectivity index (χ1) is 9.15. The summed E-state index contributed by atoms with van der Waals surface area (Å²) < 4.78 is 5.11. The van der Waals surface area contributed by atoms with Crippen molar-refractivity contribution in [1.82, 2.24) is 25.3 Å². The number of H-pyrrole nitrogens is 1. The van der Waals surface area contributed by atoms with Crippen LogP contribution in [0.3, 0.4) is 0 Å². The van der Waals surface area contributed by atoms with E-state index in [1.54, 1.807) is 6.20 Å². The molecule has 0 saturated carbocycles. The fraction of sp³-hybridized carbons (Fsp3) is 0.273. The molecule has 0 atom stereocenters. The van der Waals surface area contributed by atoms with Gasteiger partial charge in [-0.3, -0.25) is 5.10 Å². The van der Waals surface area contributed by atoms with Gasteiger partial charge in [0.25, 0.3) is 0 Å². The molecule has 0 aliphatic carbocycles. The Bertz CT molecular complexity index is 710. The summed E-state index contributed by atoms with van der Waals surface area (Å²) in [6.07, 6.45) is 1.66. The minimum atomic E-state index is 0.193. The van der Waals surface area contributed by atoms with Crippen molar-refractivity contribution in [3.63, 3.8) is 0 Å². The maximum atomic E-state index is 5.65. The lowest BCUT2D eigenvalue weighted by Gasteiger charge is -2.06. The Morgan fingerprint density at radius 1 is 1.37 bits per heavy atom. The second kappa shape index (κ2) is 4.23. The van der Waals surface area contributed by atoms with E-state index in [1.165, 1.54) is 0 Å². The summed E-state index contributed by atoms with van der Waals surface area (Å²) in [4.78, 5) is 8.23. The Balaban J connectivity index is 1.91. The molecule has 0 aliphatic heterocycles. The van der Waals surface area contributed by atoms with Crippen molar-refractivity contribution in [3.8, 4) is 0 Å². The van der Waals surface area contributed by atoms with Gasteiger partial charge >= 0.3 is 0 Å². The van der Waals surface area contributed by atoms with Crippen molar-refractivity contribution in [2.75, 3.05) is 11.1 Å². The molecule has 0 aromatic carbocycles. The quantitative estimate of drug-likeness (QED) is 0.645. The van der Waals surface area contributed by atoms with Gasteiger partial charge in [0.2, 0.25) is 5.95 Å². The molecule has 0 amide bonds. The van der Waals surface area contributed by atoms with Crippen LogP contribution in [0.2, 0.25) is 0 Å². The minimum absolute atomic E-state index is 0.193. The second-order valence-corrected chi connectivity index (χ2v) is 4.22. The van der Waals surface area contributed by atoms with Crippen molar-refractivity contribution in [2.24, 2.45) is 0 Å². The minimum Gasteiger partial charge on any atom is -0.368 e. The summed E-state index contributed by atoms with van der Waals surface area (Å²) in [5.41, 5.74) is 8.12. The molecule has 0 fully saturated rings. The topological polar surface area (TPSA) is 119 Å². The highest BCUT2D eigenvalue weighted by Crippen LogP contribution is 2.20. The number of nitrogens with one attached hydrogen (secondary N) is 2. The molecule has 3 aromatic heterocycles. The second-order valence-electron chi connectivity index (χ2n) is 4.22. The number of nitrogens with zero attached hydrogens (tertiary/aromatic N) is 4. The molecule has 3 rings (SSSR count). The highest BCUT2D eigenvalue weighted by atomic mass is 16.5. The van der Waals surface area contributed by atoms with E-state index in [-0.39, 0.29) is 5.95 Å². The van der Waals surface area contributed by atoms with Crippen LogP contribution in [0.15, 0.2) is 10.7 Å². The fourth-order valence-electron chi connectivity index (χ4n) is 1.91. The molecule has 0 radical (unpaired) electrons. The normalized spacial score (nSPS) is 11.1.